The van der Waals surface area contributed by atoms with Gasteiger partial charge < -0.3 is 9.84 Å². The Morgan fingerprint density at radius 1 is 0.929 bits per heavy atom. The van der Waals surface area contributed by atoms with E-state index in [0.29, 0.717) is 0 Å². The molecule has 14 heavy (non-hydrogen) atoms. The second-order valence-electron chi connectivity index (χ2n) is 1.95. The van der Waals surface area contributed by atoms with Crippen LogP contribution < -0.4 is 0 Å². The van der Waals surface area contributed by atoms with E-state index in [-0.39, 0.29) is 18.6 Å². The fraction of sp³-hybridized carbons (Fsp3) is 0.429. The number of carbonyl (C=O) groups is 4. The van der Waals surface area contributed by atoms with Crippen LogP contribution in [0.5, 0.6) is 0 Å². The zero-order valence-corrected chi connectivity index (χ0v) is 9.33. The maximum Gasteiger partial charge on any atom is 0.371 e. The molecule has 0 bridgehead atoms. The van der Waals surface area contributed by atoms with Gasteiger partial charge in [0.2, 0.25) is 5.78 Å². The van der Waals surface area contributed by atoms with Crippen LogP contribution in [-0.4, -0.2) is 28.8 Å². The Bertz CT molecular complexity index is 210. The Balaban J connectivity index is -0.000000163. The molecule has 0 heterocycles. The fourth-order valence-electron chi connectivity index (χ4n) is 0.202. The summed E-state index contributed by atoms with van der Waals surface area (Å²) in [6.45, 7) is 3.37. The van der Waals surface area contributed by atoms with E-state index in [4.69, 9.17) is 5.11 Å². The molecule has 0 aliphatic rings. The summed E-state index contributed by atoms with van der Waals surface area (Å²) < 4.78 is 3.97. The van der Waals surface area contributed by atoms with Crippen LogP contribution in [0.4, 0.5) is 0 Å². The number of ether oxygens (including phenoxy) is 1. The van der Waals surface area contributed by atoms with Gasteiger partial charge in [-0.25, -0.2) is 4.79 Å². The number of hydrogen-bond donors (Lipinski definition) is 1. The monoisotopic (exact) mass is 241 g/mol. The molecule has 79 valence electrons. The van der Waals surface area contributed by atoms with Gasteiger partial charge in [0.25, 0.3) is 0 Å². The molecule has 0 aromatic rings. The molecule has 0 spiro atoms. The number of ketones is 1. The van der Waals surface area contributed by atoms with Crippen LogP contribution >= 0.6 is 0 Å². The van der Waals surface area contributed by atoms with E-state index in [9.17, 15) is 19.2 Å². The molecule has 1 N–H and O–H groups in total. The molecule has 0 fully saturated rings. The summed E-state index contributed by atoms with van der Waals surface area (Å²) in [6.07, 6.45) is 0. The fourth-order valence-corrected chi connectivity index (χ4v) is 0.202. The smallest absolute Gasteiger partial charge is 0.371 e. The zero-order chi connectivity index (χ0) is 11.0. The van der Waals surface area contributed by atoms with E-state index in [0.717, 1.165) is 6.92 Å². The van der Waals surface area contributed by atoms with E-state index >= 15 is 0 Å². The Hall–Kier alpha value is -1.14. The van der Waals surface area contributed by atoms with Gasteiger partial charge in [-0.1, -0.05) is 0 Å². The zero-order valence-electron chi connectivity index (χ0n) is 7.94. The van der Waals surface area contributed by atoms with Gasteiger partial charge in [-0.3, -0.25) is 14.4 Å². The first kappa shape index (κ1) is 18.6. The number of carboxylic acid groups (broad SMARTS) is 1. The first-order chi connectivity index (χ1) is 5.77. The molecule has 7 heteroatoms. The largest absolute Gasteiger partial charge is 0.476 e. The van der Waals surface area contributed by atoms with Crippen LogP contribution in [0.25, 0.3) is 0 Å². The Labute approximate surface area is 92.5 Å². The Kier molecular flexibility index (Phi) is 13.2. The number of rotatable bonds is 1. The molecule has 0 atom stereocenters. The molecule has 0 unspecified atom stereocenters. The van der Waals surface area contributed by atoms with E-state index < -0.39 is 23.7 Å². The third kappa shape index (κ3) is 22.4. The van der Waals surface area contributed by atoms with Crippen LogP contribution in [0, 0.1) is 0 Å². The summed E-state index contributed by atoms with van der Waals surface area (Å²) in [6, 6.07) is 0. The molecular formula is C7H10O6V. The predicted octanol–water partition coefficient (Wildman–Crippen LogP) is -0.246. The van der Waals surface area contributed by atoms with Gasteiger partial charge >= 0.3 is 17.9 Å². The molecule has 1 radical (unpaired) electrons. The summed E-state index contributed by atoms with van der Waals surface area (Å²) in [5, 5.41) is 7.64. The third-order valence-electron chi connectivity index (χ3n) is 0.589. The maximum absolute atomic E-state index is 9.81. The van der Waals surface area contributed by atoms with Crippen molar-refractivity contribution in [1.82, 2.24) is 0 Å². The first-order valence-electron chi connectivity index (χ1n) is 3.20. The SMILES string of the molecule is CC(=O)C(=O)O.CC(=O)OC(C)=O.[V]. The molecule has 0 aromatic heterocycles. The van der Waals surface area contributed by atoms with Crippen molar-refractivity contribution in [2.75, 3.05) is 0 Å². The van der Waals surface area contributed by atoms with Crippen LogP contribution in [0.1, 0.15) is 20.8 Å². The van der Waals surface area contributed by atoms with Crippen LogP contribution in [0.3, 0.4) is 0 Å². The molecule has 0 aliphatic carbocycles. The van der Waals surface area contributed by atoms with Gasteiger partial charge in [-0.15, -0.1) is 0 Å². The second-order valence-corrected chi connectivity index (χ2v) is 1.95. The van der Waals surface area contributed by atoms with E-state index in [1.54, 1.807) is 0 Å². The van der Waals surface area contributed by atoms with Crippen molar-refractivity contribution in [2.24, 2.45) is 0 Å². The molecule has 0 saturated heterocycles. The van der Waals surface area contributed by atoms with Crippen molar-refractivity contribution < 1.29 is 47.6 Å². The summed E-state index contributed by atoms with van der Waals surface area (Å²) >= 11 is 0. The van der Waals surface area contributed by atoms with Gasteiger partial charge in [0.15, 0.2) is 0 Å². The molecule has 0 amide bonds. The van der Waals surface area contributed by atoms with E-state index in [1.165, 1.54) is 13.8 Å². The average Bonchev–Trinajstić information content (AvgIpc) is 1.84. The maximum atomic E-state index is 9.81. The summed E-state index contributed by atoms with van der Waals surface area (Å²) in [5.41, 5.74) is 0. The molecule has 0 rings (SSSR count). The number of Topliss-reactive ketones (excluding diaryl/α,β-unsaturated/α-hetero) is 1. The van der Waals surface area contributed by atoms with E-state index in [1.807, 2.05) is 0 Å². The predicted molar refractivity (Wildman–Crippen MR) is 40.8 cm³/mol. The third-order valence-corrected chi connectivity index (χ3v) is 0.589. The molecule has 6 nitrogen and oxygen atoms in total. The van der Waals surface area contributed by atoms with Crippen molar-refractivity contribution >= 4 is 23.7 Å². The summed E-state index contributed by atoms with van der Waals surface area (Å²) in [7, 11) is 0. The quantitative estimate of drug-likeness (QED) is 0.386. The van der Waals surface area contributed by atoms with E-state index in [2.05, 4.69) is 4.74 Å². The average molecular weight is 241 g/mol. The van der Waals surface area contributed by atoms with Crippen LogP contribution in [0.2, 0.25) is 0 Å². The van der Waals surface area contributed by atoms with Gasteiger partial charge in [0, 0.05) is 39.3 Å². The number of hydrogen-bond acceptors (Lipinski definition) is 5. The van der Waals surface area contributed by atoms with Crippen LogP contribution in [0.15, 0.2) is 0 Å². The van der Waals surface area contributed by atoms with Crippen molar-refractivity contribution in [3.05, 3.63) is 0 Å². The topological polar surface area (TPSA) is 97.7 Å². The minimum absolute atomic E-state index is 0. The standard InChI is InChI=1S/C4H6O3.C3H4O3.V/c1-3(5)7-4(2)6;1-2(4)3(5)6;/h1-2H3;1H3,(H,5,6);. The molecule has 0 aromatic carbocycles. The minimum Gasteiger partial charge on any atom is -0.476 e. The van der Waals surface area contributed by atoms with Gasteiger partial charge in [0.1, 0.15) is 0 Å². The Morgan fingerprint density at radius 2 is 1.14 bits per heavy atom. The summed E-state index contributed by atoms with van der Waals surface area (Å²) in [5.74, 6) is -3.33. The number of aliphatic carboxylic acids is 1. The van der Waals surface area contributed by atoms with Gasteiger partial charge in [-0.05, 0) is 0 Å². The van der Waals surface area contributed by atoms with Gasteiger partial charge in [-0.2, -0.15) is 0 Å². The van der Waals surface area contributed by atoms with Crippen molar-refractivity contribution in [2.45, 2.75) is 20.8 Å². The van der Waals surface area contributed by atoms with Crippen molar-refractivity contribution in [3.63, 3.8) is 0 Å². The number of esters is 2. The van der Waals surface area contributed by atoms with Crippen molar-refractivity contribution in [1.29, 1.82) is 0 Å². The Morgan fingerprint density at radius 3 is 1.14 bits per heavy atom. The number of carbonyl (C=O) groups excluding carboxylic acids is 3. The van der Waals surface area contributed by atoms with Gasteiger partial charge in [0.05, 0.1) is 0 Å². The van der Waals surface area contributed by atoms with Crippen molar-refractivity contribution in [3.8, 4) is 0 Å². The van der Waals surface area contributed by atoms with Crippen LogP contribution in [-0.2, 0) is 42.5 Å². The normalized spacial score (nSPS) is 7.07. The first-order valence-corrected chi connectivity index (χ1v) is 3.20. The minimum atomic E-state index is -1.38. The molecular weight excluding hydrogens is 231 g/mol. The molecule has 0 saturated carbocycles. The second kappa shape index (κ2) is 9.95. The molecule has 0 aliphatic heterocycles. The summed E-state index contributed by atoms with van der Waals surface area (Å²) in [4.78, 5) is 38.5. The number of carboxylic acids is 1.